The summed E-state index contributed by atoms with van der Waals surface area (Å²) in [7, 11) is 0. The molecule has 0 saturated heterocycles. The molecule has 2 aromatic heterocycles. The van der Waals surface area contributed by atoms with Crippen LogP contribution in [0.3, 0.4) is 0 Å². The molecule has 90 heavy (non-hydrogen) atoms. The molecule has 0 aliphatic carbocycles. The summed E-state index contributed by atoms with van der Waals surface area (Å²) in [5, 5.41) is 4.19. The SMILES string of the molecule is CCCCCCC#CCOC(=O)CCCCCCCCN(CCCCCCCCC(=O)OCC#CCCCCCC)CCCN(CCCCCCCCC(=O)OCC#CCCCCCC)CCCCCC(=O)Nc1nc2ccccc2c2c1ncn2CC(C)C. The fourth-order valence-electron chi connectivity index (χ4n) is 11.4. The number of para-hydroxylation sites is 1. The number of hydrogen-bond donors (Lipinski definition) is 1. The molecular formula is C77H124N6O7. The van der Waals surface area contributed by atoms with Crippen molar-refractivity contribution in [3.05, 3.63) is 30.6 Å². The lowest BCUT2D eigenvalue weighted by Gasteiger charge is -2.26. The number of anilines is 1. The van der Waals surface area contributed by atoms with Gasteiger partial charge in [0.25, 0.3) is 0 Å². The summed E-state index contributed by atoms with van der Waals surface area (Å²) in [6, 6.07) is 8.11. The second-order valence-corrected chi connectivity index (χ2v) is 25.4. The molecule has 0 spiro atoms. The van der Waals surface area contributed by atoms with Crippen molar-refractivity contribution in [3.63, 3.8) is 0 Å². The van der Waals surface area contributed by atoms with Crippen LogP contribution in [-0.2, 0) is 39.9 Å². The highest BCUT2D eigenvalue weighted by atomic mass is 16.5. The van der Waals surface area contributed by atoms with Crippen molar-refractivity contribution >= 4 is 51.6 Å². The fourth-order valence-corrected chi connectivity index (χ4v) is 11.4. The summed E-state index contributed by atoms with van der Waals surface area (Å²) in [4.78, 5) is 65.4. The molecule has 1 N–H and O–H groups in total. The summed E-state index contributed by atoms with van der Waals surface area (Å²) in [5.41, 5.74) is 2.61. The van der Waals surface area contributed by atoms with Crippen molar-refractivity contribution in [2.24, 2.45) is 5.92 Å². The van der Waals surface area contributed by atoms with E-state index in [1.807, 2.05) is 24.5 Å². The van der Waals surface area contributed by atoms with E-state index in [-0.39, 0.29) is 43.6 Å². The smallest absolute Gasteiger partial charge is 0.306 e. The van der Waals surface area contributed by atoms with Gasteiger partial charge in [-0.15, -0.1) is 0 Å². The van der Waals surface area contributed by atoms with Gasteiger partial charge in [0, 0.05) is 56.9 Å². The molecule has 2 heterocycles. The Labute approximate surface area is 547 Å². The molecule has 0 fully saturated rings. The van der Waals surface area contributed by atoms with E-state index in [2.05, 4.69) is 95.9 Å². The fraction of sp³-hybridized carbons (Fsp3) is 0.740. The third kappa shape index (κ3) is 41.1. The van der Waals surface area contributed by atoms with Crippen LogP contribution in [0.4, 0.5) is 5.82 Å². The molecule has 3 rings (SSSR count). The summed E-state index contributed by atoms with van der Waals surface area (Å²) in [5.74, 6) is 19.0. The van der Waals surface area contributed by atoms with E-state index >= 15 is 0 Å². The zero-order valence-electron chi connectivity index (χ0n) is 57.6. The maximum absolute atomic E-state index is 13.5. The minimum atomic E-state index is -0.139. The second-order valence-electron chi connectivity index (χ2n) is 25.4. The van der Waals surface area contributed by atoms with Crippen molar-refractivity contribution in [1.29, 1.82) is 0 Å². The largest absolute Gasteiger partial charge is 0.452 e. The highest BCUT2D eigenvalue weighted by Crippen LogP contribution is 2.29. The molecule has 0 aliphatic rings. The summed E-state index contributed by atoms with van der Waals surface area (Å²) < 4.78 is 18.3. The van der Waals surface area contributed by atoms with Crippen LogP contribution in [0.25, 0.3) is 21.9 Å². The topological polar surface area (TPSA) is 145 Å². The van der Waals surface area contributed by atoms with Crippen LogP contribution in [0.1, 0.15) is 298 Å². The summed E-state index contributed by atoms with van der Waals surface area (Å²) in [6.07, 6.45) is 44.4. The first-order chi connectivity index (χ1) is 44.1. The Morgan fingerprint density at radius 1 is 0.456 bits per heavy atom. The number of ether oxygens (including phenoxy) is 3. The number of rotatable bonds is 55. The van der Waals surface area contributed by atoms with Crippen molar-refractivity contribution < 1.29 is 33.4 Å². The number of benzene rings is 1. The monoisotopic (exact) mass is 1240 g/mol. The minimum absolute atomic E-state index is 0.0198. The van der Waals surface area contributed by atoms with Gasteiger partial charge in [-0.25, -0.2) is 9.97 Å². The summed E-state index contributed by atoms with van der Waals surface area (Å²) >= 11 is 0. The highest BCUT2D eigenvalue weighted by Gasteiger charge is 2.17. The lowest BCUT2D eigenvalue weighted by atomic mass is 10.1. The van der Waals surface area contributed by atoms with Gasteiger partial charge in [-0.05, 0) is 128 Å². The molecule has 0 bridgehead atoms. The first kappa shape index (κ1) is 78.8. The Morgan fingerprint density at radius 2 is 0.822 bits per heavy atom. The summed E-state index contributed by atoms with van der Waals surface area (Å²) in [6.45, 7) is 18.9. The Hall–Kier alpha value is -5.42. The number of pyridine rings is 1. The number of nitrogens with zero attached hydrogens (tertiary/aromatic N) is 5. The number of unbranched alkanes of at least 4 members (excludes halogenated alkanes) is 29. The third-order valence-corrected chi connectivity index (χ3v) is 16.7. The van der Waals surface area contributed by atoms with Crippen LogP contribution in [0.2, 0.25) is 0 Å². The first-order valence-corrected chi connectivity index (χ1v) is 36.5. The number of nitrogens with one attached hydrogen (secondary N) is 1. The third-order valence-electron chi connectivity index (χ3n) is 16.7. The molecule has 0 atom stereocenters. The number of aromatic nitrogens is 3. The number of fused-ring (bicyclic) bond motifs is 3. The van der Waals surface area contributed by atoms with E-state index in [1.54, 1.807) is 0 Å². The van der Waals surface area contributed by atoms with Crippen molar-refractivity contribution in [2.45, 2.75) is 304 Å². The molecule has 1 aromatic carbocycles. The van der Waals surface area contributed by atoms with Gasteiger partial charge in [0.05, 0.1) is 17.4 Å². The van der Waals surface area contributed by atoms with Crippen LogP contribution in [0, 0.1) is 41.4 Å². The van der Waals surface area contributed by atoms with Gasteiger partial charge in [0.15, 0.2) is 25.6 Å². The van der Waals surface area contributed by atoms with Crippen LogP contribution in [-0.4, -0.2) is 107 Å². The molecule has 0 aliphatic heterocycles. The van der Waals surface area contributed by atoms with Crippen molar-refractivity contribution in [1.82, 2.24) is 24.3 Å². The highest BCUT2D eigenvalue weighted by molar-refractivity contribution is 6.09. The lowest BCUT2D eigenvalue weighted by molar-refractivity contribution is -0.143. The van der Waals surface area contributed by atoms with Crippen LogP contribution < -0.4 is 5.32 Å². The predicted molar refractivity (Wildman–Crippen MR) is 374 cm³/mol. The molecule has 504 valence electrons. The lowest BCUT2D eigenvalue weighted by Crippen LogP contribution is -2.32. The number of carbonyl (C=O) groups is 4. The average Bonchev–Trinajstić information content (AvgIpc) is 1.56. The van der Waals surface area contributed by atoms with Crippen LogP contribution >= 0.6 is 0 Å². The van der Waals surface area contributed by atoms with Gasteiger partial charge >= 0.3 is 17.9 Å². The van der Waals surface area contributed by atoms with E-state index in [0.717, 1.165) is 203 Å². The zero-order valence-corrected chi connectivity index (χ0v) is 57.6. The van der Waals surface area contributed by atoms with Crippen molar-refractivity contribution in [3.8, 4) is 35.5 Å². The maximum atomic E-state index is 13.5. The Bertz CT molecular complexity index is 2480. The molecule has 3 aromatic rings. The molecule has 1 amide bonds. The van der Waals surface area contributed by atoms with Gasteiger partial charge < -0.3 is 33.9 Å². The molecule has 0 radical (unpaired) electrons. The first-order valence-electron chi connectivity index (χ1n) is 36.5. The normalized spacial score (nSPS) is 11.2. The van der Waals surface area contributed by atoms with E-state index in [9.17, 15) is 19.2 Å². The van der Waals surface area contributed by atoms with Crippen molar-refractivity contribution in [2.75, 3.05) is 64.4 Å². The molecular weight excluding hydrogens is 1120 g/mol. The van der Waals surface area contributed by atoms with Gasteiger partial charge in [-0.1, -0.05) is 230 Å². The van der Waals surface area contributed by atoms with Gasteiger partial charge in [0.2, 0.25) is 5.91 Å². The minimum Gasteiger partial charge on any atom is -0.452 e. The standard InChI is InChI=1S/C77H124N6O7/c1-6-9-12-15-24-33-47-63-88-72(85)54-38-27-18-21-30-43-57-81(58-44-31-22-19-28-39-55-73(86)89-64-48-34-25-16-13-10-7-2)61-50-62-82(59-45-32-23-20-29-40-56-74(87)90-65-49-35-26-17-14-11-8-3)60-46-36-37-53-71(84)80-77-75-76(83(67-78-75)66-68(4)5)69-51-41-42-52-70(69)79-77/h41-42,51-52,67-68H,6-32,36-40,43-46,50,53-66H2,1-5H3,(H,79,80,84). The van der Waals surface area contributed by atoms with Gasteiger partial charge in [-0.2, -0.15) is 0 Å². The maximum Gasteiger partial charge on any atom is 0.306 e. The quantitative estimate of drug-likeness (QED) is 0.0249. The van der Waals surface area contributed by atoms with E-state index < -0.39 is 0 Å². The average molecular weight is 1250 g/mol. The predicted octanol–water partition coefficient (Wildman–Crippen LogP) is 18.5. The van der Waals surface area contributed by atoms with E-state index in [4.69, 9.17) is 24.2 Å². The Morgan fingerprint density at radius 3 is 1.24 bits per heavy atom. The molecule has 0 saturated carbocycles. The zero-order chi connectivity index (χ0) is 64.6. The number of amides is 1. The number of imidazole rings is 1. The number of hydrogen-bond acceptors (Lipinski definition) is 11. The second kappa shape index (κ2) is 55.2. The van der Waals surface area contributed by atoms with Gasteiger partial charge in [-0.3, -0.25) is 19.2 Å². The number of carbonyl (C=O) groups excluding carboxylic acids is 4. The van der Waals surface area contributed by atoms with E-state index in [1.165, 1.54) is 103 Å². The number of esters is 3. The van der Waals surface area contributed by atoms with Crippen LogP contribution in [0.15, 0.2) is 30.6 Å². The van der Waals surface area contributed by atoms with Gasteiger partial charge in [0.1, 0.15) is 5.52 Å². The molecule has 13 nitrogen and oxygen atoms in total. The van der Waals surface area contributed by atoms with E-state index in [0.29, 0.717) is 37.4 Å². The Balaban J connectivity index is 1.51. The Kier molecular flexibility index (Phi) is 48.4. The van der Waals surface area contributed by atoms with Crippen LogP contribution in [0.5, 0.6) is 0 Å². The molecule has 0 unspecified atom stereocenters. The molecule has 13 heteroatoms.